The number of imidazole rings is 1. The zero-order chi connectivity index (χ0) is 10.5. The van der Waals surface area contributed by atoms with Crippen LogP contribution in [0.15, 0.2) is 12.5 Å². The third-order valence-corrected chi connectivity index (χ3v) is 2.76. The van der Waals surface area contributed by atoms with Gasteiger partial charge in [-0.3, -0.25) is 0 Å². The third kappa shape index (κ3) is 4.12. The first-order chi connectivity index (χ1) is 7.34. The molecule has 4 nitrogen and oxygen atoms in total. The number of rotatable bonds is 4. The molecule has 1 N–H and O–H groups in total. The van der Waals surface area contributed by atoms with Gasteiger partial charge in [0, 0.05) is 19.8 Å². The third-order valence-electron chi connectivity index (χ3n) is 2.76. The average molecular weight is 246 g/mol. The molecule has 1 aromatic heterocycles. The number of piperidine rings is 1. The standard InChI is InChI=1S/C11H19N3O.ClH/c1-14-6-11(13-9-14)8-15-7-10-3-2-4-12-5-10;/h6,9-10,12H,2-5,7-8H2,1H3;1H/t10-;/m0./s1. The van der Waals surface area contributed by atoms with Crippen LogP contribution in [0, 0.1) is 5.92 Å². The highest BCUT2D eigenvalue weighted by atomic mass is 35.5. The summed E-state index contributed by atoms with van der Waals surface area (Å²) in [5, 5.41) is 3.39. The van der Waals surface area contributed by atoms with Crippen molar-refractivity contribution in [2.45, 2.75) is 19.4 Å². The summed E-state index contributed by atoms with van der Waals surface area (Å²) < 4.78 is 7.60. The van der Waals surface area contributed by atoms with E-state index in [-0.39, 0.29) is 12.4 Å². The SMILES string of the molecule is Cl.Cn1cnc(COC[C@H]2CCCNC2)c1. The Morgan fingerprint density at radius 3 is 3.12 bits per heavy atom. The van der Waals surface area contributed by atoms with Gasteiger partial charge in [0.1, 0.15) is 0 Å². The van der Waals surface area contributed by atoms with Gasteiger partial charge in [0.25, 0.3) is 0 Å². The molecule has 0 radical (unpaired) electrons. The minimum Gasteiger partial charge on any atom is -0.375 e. The Morgan fingerprint density at radius 1 is 1.62 bits per heavy atom. The largest absolute Gasteiger partial charge is 0.375 e. The summed E-state index contributed by atoms with van der Waals surface area (Å²) >= 11 is 0. The lowest BCUT2D eigenvalue weighted by molar-refractivity contribution is 0.0765. The smallest absolute Gasteiger partial charge is 0.0947 e. The lowest BCUT2D eigenvalue weighted by atomic mass is 10.0. The van der Waals surface area contributed by atoms with Crippen molar-refractivity contribution in [3.63, 3.8) is 0 Å². The quantitative estimate of drug-likeness (QED) is 0.871. The zero-order valence-corrected chi connectivity index (χ0v) is 10.5. The predicted octanol–water partition coefficient (Wildman–Crippen LogP) is 1.36. The van der Waals surface area contributed by atoms with Crippen molar-refractivity contribution in [3.05, 3.63) is 18.2 Å². The normalized spacial score (nSPS) is 20.4. The van der Waals surface area contributed by atoms with Gasteiger partial charge in [-0.25, -0.2) is 4.98 Å². The van der Waals surface area contributed by atoms with Crippen LogP contribution in [0.25, 0.3) is 0 Å². The Hall–Kier alpha value is -0.580. The van der Waals surface area contributed by atoms with Crippen molar-refractivity contribution in [2.75, 3.05) is 19.7 Å². The van der Waals surface area contributed by atoms with Crippen LogP contribution in [-0.2, 0) is 18.4 Å². The van der Waals surface area contributed by atoms with E-state index in [1.165, 1.54) is 12.8 Å². The molecule has 1 fully saturated rings. The summed E-state index contributed by atoms with van der Waals surface area (Å²) in [5.74, 6) is 0.683. The predicted molar refractivity (Wildman–Crippen MR) is 65.7 cm³/mol. The maximum atomic E-state index is 5.66. The summed E-state index contributed by atoms with van der Waals surface area (Å²) in [5.41, 5.74) is 1.02. The van der Waals surface area contributed by atoms with Crippen LogP contribution in [0.4, 0.5) is 0 Å². The van der Waals surface area contributed by atoms with Crippen LogP contribution in [0.1, 0.15) is 18.5 Å². The molecule has 1 aromatic rings. The highest BCUT2D eigenvalue weighted by Crippen LogP contribution is 2.10. The van der Waals surface area contributed by atoms with E-state index in [0.29, 0.717) is 12.5 Å². The molecule has 1 atom stereocenters. The van der Waals surface area contributed by atoms with Gasteiger partial charge in [0.05, 0.1) is 25.2 Å². The first-order valence-electron chi connectivity index (χ1n) is 5.60. The fourth-order valence-electron chi connectivity index (χ4n) is 1.94. The van der Waals surface area contributed by atoms with Gasteiger partial charge in [0.15, 0.2) is 0 Å². The molecule has 0 amide bonds. The molecule has 5 heteroatoms. The Labute approximate surface area is 103 Å². The van der Waals surface area contributed by atoms with Gasteiger partial charge in [-0.2, -0.15) is 0 Å². The fourth-order valence-corrected chi connectivity index (χ4v) is 1.94. The summed E-state index contributed by atoms with van der Waals surface area (Å²) in [6.07, 6.45) is 6.37. The maximum Gasteiger partial charge on any atom is 0.0947 e. The Balaban J connectivity index is 0.00000128. The van der Waals surface area contributed by atoms with Gasteiger partial charge in [-0.15, -0.1) is 12.4 Å². The molecule has 1 aliphatic rings. The molecule has 1 saturated heterocycles. The van der Waals surface area contributed by atoms with E-state index in [2.05, 4.69) is 10.3 Å². The van der Waals surface area contributed by atoms with Crippen LogP contribution in [-0.4, -0.2) is 29.2 Å². The minimum atomic E-state index is 0. The van der Waals surface area contributed by atoms with E-state index in [1.54, 1.807) is 6.33 Å². The molecular formula is C11H20ClN3O. The molecule has 92 valence electrons. The monoisotopic (exact) mass is 245 g/mol. The lowest BCUT2D eigenvalue weighted by Gasteiger charge is -2.22. The van der Waals surface area contributed by atoms with Crippen LogP contribution in [0.2, 0.25) is 0 Å². The second kappa shape index (κ2) is 6.89. The summed E-state index contributed by atoms with van der Waals surface area (Å²) in [6, 6.07) is 0. The van der Waals surface area contributed by atoms with E-state index in [0.717, 1.165) is 25.4 Å². The molecule has 2 heterocycles. The first-order valence-corrected chi connectivity index (χ1v) is 5.60. The molecule has 16 heavy (non-hydrogen) atoms. The van der Waals surface area contributed by atoms with Crippen LogP contribution >= 0.6 is 12.4 Å². The van der Waals surface area contributed by atoms with Crippen molar-refractivity contribution >= 4 is 12.4 Å². The van der Waals surface area contributed by atoms with Crippen molar-refractivity contribution < 1.29 is 4.74 Å². The maximum absolute atomic E-state index is 5.66. The van der Waals surface area contributed by atoms with Gasteiger partial charge in [0.2, 0.25) is 0 Å². The Kier molecular flexibility index (Phi) is 5.80. The second-order valence-electron chi connectivity index (χ2n) is 4.26. The lowest BCUT2D eigenvalue weighted by Crippen LogP contribution is -2.32. The van der Waals surface area contributed by atoms with Crippen molar-refractivity contribution in [2.24, 2.45) is 13.0 Å². The van der Waals surface area contributed by atoms with Gasteiger partial charge < -0.3 is 14.6 Å². The van der Waals surface area contributed by atoms with Crippen molar-refractivity contribution in [1.82, 2.24) is 14.9 Å². The summed E-state index contributed by atoms with van der Waals surface area (Å²) in [4.78, 5) is 4.22. The number of nitrogens with zero attached hydrogens (tertiary/aromatic N) is 2. The van der Waals surface area contributed by atoms with Crippen molar-refractivity contribution in [1.29, 1.82) is 0 Å². The fraction of sp³-hybridized carbons (Fsp3) is 0.727. The molecule has 1 aliphatic heterocycles. The number of ether oxygens (including phenoxy) is 1. The first kappa shape index (κ1) is 13.5. The van der Waals surface area contributed by atoms with E-state index in [1.807, 2.05) is 17.8 Å². The van der Waals surface area contributed by atoms with Gasteiger partial charge in [-0.1, -0.05) is 0 Å². The number of hydrogen-bond acceptors (Lipinski definition) is 3. The molecule has 0 aliphatic carbocycles. The van der Waals surface area contributed by atoms with Crippen LogP contribution in [0.3, 0.4) is 0 Å². The minimum absolute atomic E-state index is 0. The van der Waals surface area contributed by atoms with Crippen molar-refractivity contribution in [3.8, 4) is 0 Å². The van der Waals surface area contributed by atoms with E-state index in [4.69, 9.17) is 4.74 Å². The number of aryl methyl sites for hydroxylation is 1. The molecule has 0 spiro atoms. The number of nitrogens with one attached hydrogen (secondary N) is 1. The molecule has 0 aromatic carbocycles. The summed E-state index contributed by atoms with van der Waals surface area (Å²) in [6.45, 7) is 3.75. The Morgan fingerprint density at radius 2 is 2.50 bits per heavy atom. The Bertz CT molecular complexity index is 297. The highest BCUT2D eigenvalue weighted by Gasteiger charge is 2.12. The van der Waals surface area contributed by atoms with E-state index < -0.39 is 0 Å². The molecule has 2 rings (SSSR count). The zero-order valence-electron chi connectivity index (χ0n) is 9.69. The molecule has 0 saturated carbocycles. The van der Waals surface area contributed by atoms with Gasteiger partial charge >= 0.3 is 0 Å². The second-order valence-corrected chi connectivity index (χ2v) is 4.26. The molecular weight excluding hydrogens is 226 g/mol. The average Bonchev–Trinajstić information content (AvgIpc) is 2.66. The topological polar surface area (TPSA) is 39.1 Å². The number of aromatic nitrogens is 2. The van der Waals surface area contributed by atoms with E-state index in [9.17, 15) is 0 Å². The molecule has 0 bridgehead atoms. The van der Waals surface area contributed by atoms with Gasteiger partial charge in [-0.05, 0) is 25.3 Å². The van der Waals surface area contributed by atoms with Crippen LogP contribution < -0.4 is 5.32 Å². The summed E-state index contributed by atoms with van der Waals surface area (Å²) in [7, 11) is 1.97. The number of hydrogen-bond donors (Lipinski definition) is 1. The van der Waals surface area contributed by atoms with Crippen LogP contribution in [0.5, 0.6) is 0 Å². The molecule has 0 unspecified atom stereocenters. The highest BCUT2D eigenvalue weighted by molar-refractivity contribution is 5.85. The number of halogens is 1. The van der Waals surface area contributed by atoms with E-state index >= 15 is 0 Å².